The maximum atomic E-state index is 12.2. The first kappa shape index (κ1) is 14.5. The zero-order chi connectivity index (χ0) is 16.5. The summed E-state index contributed by atoms with van der Waals surface area (Å²) in [5, 5.41) is 1.10. The highest BCUT2D eigenvalue weighted by Gasteiger charge is 2.24. The van der Waals surface area contributed by atoms with E-state index in [0.29, 0.717) is 11.6 Å². The molecule has 118 valence electrons. The summed E-state index contributed by atoms with van der Waals surface area (Å²) in [5.74, 6) is -0.0618. The number of aliphatic imine (C=N–C) groups is 1. The van der Waals surface area contributed by atoms with Crippen LogP contribution in [-0.2, 0) is 16.1 Å². The summed E-state index contributed by atoms with van der Waals surface area (Å²) >= 11 is 0. The van der Waals surface area contributed by atoms with Crippen molar-refractivity contribution in [3.05, 3.63) is 77.6 Å². The summed E-state index contributed by atoms with van der Waals surface area (Å²) in [6.07, 6.45) is 3.84. The number of fused-ring (bicyclic) bond motifs is 1. The van der Waals surface area contributed by atoms with Crippen molar-refractivity contribution in [3.63, 3.8) is 0 Å². The highest BCUT2D eigenvalue weighted by Crippen LogP contribution is 2.26. The number of para-hydroxylation sites is 1. The number of cyclic esters (lactones) is 1. The van der Waals surface area contributed by atoms with Gasteiger partial charge in [0.05, 0.1) is 0 Å². The Labute approximate surface area is 139 Å². The van der Waals surface area contributed by atoms with Crippen LogP contribution in [0.25, 0.3) is 17.0 Å². The molecule has 0 aliphatic carbocycles. The second kappa shape index (κ2) is 5.81. The van der Waals surface area contributed by atoms with Crippen molar-refractivity contribution in [1.29, 1.82) is 0 Å². The number of benzene rings is 2. The van der Waals surface area contributed by atoms with Crippen LogP contribution in [-0.4, -0.2) is 16.4 Å². The Morgan fingerprint density at radius 1 is 1.08 bits per heavy atom. The molecule has 0 bridgehead atoms. The molecule has 0 N–H and O–H groups in total. The first-order valence-corrected chi connectivity index (χ1v) is 7.92. The van der Waals surface area contributed by atoms with E-state index in [-0.39, 0.29) is 0 Å². The molecule has 0 fully saturated rings. The van der Waals surface area contributed by atoms with Crippen molar-refractivity contribution in [1.82, 2.24) is 4.57 Å². The van der Waals surface area contributed by atoms with Gasteiger partial charge in [0.15, 0.2) is 5.70 Å². The van der Waals surface area contributed by atoms with Crippen LogP contribution in [0.2, 0.25) is 0 Å². The normalized spacial score (nSPS) is 15.8. The number of hydrogen-bond donors (Lipinski definition) is 0. The molecule has 24 heavy (non-hydrogen) atoms. The molecule has 0 saturated carbocycles. The fourth-order valence-electron chi connectivity index (χ4n) is 2.91. The molecular weight excluding hydrogens is 300 g/mol. The smallest absolute Gasteiger partial charge is 0.363 e. The van der Waals surface area contributed by atoms with E-state index < -0.39 is 5.97 Å². The third-order valence-electron chi connectivity index (χ3n) is 4.09. The molecule has 2 heterocycles. The molecule has 4 heteroatoms. The van der Waals surface area contributed by atoms with E-state index in [1.165, 1.54) is 0 Å². The summed E-state index contributed by atoms with van der Waals surface area (Å²) in [5.41, 5.74) is 3.24. The third kappa shape index (κ3) is 2.42. The maximum absolute atomic E-state index is 12.2. The summed E-state index contributed by atoms with van der Waals surface area (Å²) in [6.45, 7) is 2.96. The average Bonchev–Trinajstić information content (AvgIpc) is 3.17. The lowest BCUT2D eigenvalue weighted by atomic mass is 10.1. The van der Waals surface area contributed by atoms with E-state index in [2.05, 4.69) is 28.6 Å². The zero-order valence-electron chi connectivity index (χ0n) is 13.3. The molecule has 0 radical (unpaired) electrons. The average molecular weight is 316 g/mol. The van der Waals surface area contributed by atoms with Gasteiger partial charge in [0.2, 0.25) is 5.90 Å². The molecule has 1 aromatic heterocycles. The van der Waals surface area contributed by atoms with Crippen LogP contribution < -0.4 is 0 Å². The van der Waals surface area contributed by atoms with Crippen LogP contribution in [0.15, 0.2) is 71.5 Å². The first-order chi connectivity index (χ1) is 11.8. The molecule has 4 nitrogen and oxygen atoms in total. The predicted molar refractivity (Wildman–Crippen MR) is 94.7 cm³/mol. The van der Waals surface area contributed by atoms with E-state index in [1.54, 1.807) is 6.08 Å². The summed E-state index contributed by atoms with van der Waals surface area (Å²) in [6, 6.07) is 17.6. The summed E-state index contributed by atoms with van der Waals surface area (Å²) in [7, 11) is 0. The van der Waals surface area contributed by atoms with Gasteiger partial charge in [0.1, 0.15) is 0 Å². The highest BCUT2D eigenvalue weighted by atomic mass is 16.6. The van der Waals surface area contributed by atoms with Crippen LogP contribution >= 0.6 is 0 Å². The van der Waals surface area contributed by atoms with Crippen LogP contribution in [0, 0.1) is 0 Å². The number of nitrogens with zero attached hydrogens (tertiary/aromatic N) is 2. The van der Waals surface area contributed by atoms with E-state index in [4.69, 9.17) is 4.74 Å². The fourth-order valence-corrected chi connectivity index (χ4v) is 2.91. The van der Waals surface area contributed by atoms with Crippen molar-refractivity contribution in [2.24, 2.45) is 4.99 Å². The third-order valence-corrected chi connectivity index (χ3v) is 4.09. The largest absolute Gasteiger partial charge is 0.402 e. The quantitative estimate of drug-likeness (QED) is 0.541. The second-order valence-corrected chi connectivity index (χ2v) is 5.59. The molecule has 0 saturated heterocycles. The van der Waals surface area contributed by atoms with Crippen molar-refractivity contribution >= 4 is 28.8 Å². The second-order valence-electron chi connectivity index (χ2n) is 5.59. The van der Waals surface area contributed by atoms with Crippen LogP contribution in [0.3, 0.4) is 0 Å². The Balaban J connectivity index is 1.79. The minimum absolute atomic E-state index is 0.327. The van der Waals surface area contributed by atoms with E-state index in [1.807, 2.05) is 48.7 Å². The number of carbonyl (C=O) groups excluding carboxylic acids is 1. The number of esters is 1. The molecule has 2 aromatic carbocycles. The Morgan fingerprint density at radius 2 is 1.83 bits per heavy atom. The Kier molecular flexibility index (Phi) is 3.50. The first-order valence-electron chi connectivity index (χ1n) is 7.92. The number of aryl methyl sites for hydroxylation is 1. The topological polar surface area (TPSA) is 43.6 Å². The van der Waals surface area contributed by atoms with Gasteiger partial charge in [0.25, 0.3) is 0 Å². The van der Waals surface area contributed by atoms with E-state index in [0.717, 1.165) is 28.6 Å². The van der Waals surface area contributed by atoms with Crippen molar-refractivity contribution < 1.29 is 9.53 Å². The number of rotatable bonds is 3. The van der Waals surface area contributed by atoms with E-state index in [9.17, 15) is 4.79 Å². The fraction of sp³-hybridized carbons (Fsp3) is 0.100. The van der Waals surface area contributed by atoms with Gasteiger partial charge in [0, 0.05) is 34.8 Å². The summed E-state index contributed by atoms with van der Waals surface area (Å²) < 4.78 is 7.47. The standard InChI is InChI=1S/C20H16N2O2/c1-2-22-13-15(16-10-6-7-11-18(16)22)12-17-20(23)24-19(21-17)14-8-4-3-5-9-14/h3-13H,2H2,1H3/b17-12-. The van der Waals surface area contributed by atoms with Gasteiger partial charge in [-0.3, -0.25) is 0 Å². The minimum Gasteiger partial charge on any atom is -0.402 e. The molecule has 1 aliphatic rings. The molecule has 3 aromatic rings. The maximum Gasteiger partial charge on any atom is 0.363 e. The van der Waals surface area contributed by atoms with Gasteiger partial charge in [-0.15, -0.1) is 0 Å². The molecule has 0 spiro atoms. The zero-order valence-corrected chi connectivity index (χ0v) is 13.3. The SMILES string of the molecule is CCn1cc(/C=C2\N=C(c3ccccc3)OC2=O)c2ccccc21. The Hall–Kier alpha value is -3.14. The predicted octanol–water partition coefficient (Wildman–Crippen LogP) is 4.01. The van der Waals surface area contributed by atoms with Gasteiger partial charge < -0.3 is 9.30 Å². The van der Waals surface area contributed by atoms with Crippen molar-refractivity contribution in [3.8, 4) is 0 Å². The number of hydrogen-bond acceptors (Lipinski definition) is 3. The lowest BCUT2D eigenvalue weighted by molar-refractivity contribution is -0.129. The van der Waals surface area contributed by atoms with Crippen molar-refractivity contribution in [2.45, 2.75) is 13.5 Å². The van der Waals surface area contributed by atoms with Gasteiger partial charge >= 0.3 is 5.97 Å². The lowest BCUT2D eigenvalue weighted by Gasteiger charge is -1.97. The van der Waals surface area contributed by atoms with Crippen molar-refractivity contribution in [2.75, 3.05) is 0 Å². The highest BCUT2D eigenvalue weighted by molar-refractivity contribution is 6.13. The van der Waals surface area contributed by atoms with E-state index >= 15 is 0 Å². The van der Waals surface area contributed by atoms with Gasteiger partial charge in [-0.1, -0.05) is 36.4 Å². The van der Waals surface area contributed by atoms with Gasteiger partial charge in [-0.05, 0) is 31.2 Å². The lowest BCUT2D eigenvalue weighted by Crippen LogP contribution is -2.04. The number of ether oxygens (including phenoxy) is 1. The molecule has 4 rings (SSSR count). The molecule has 0 atom stereocenters. The van der Waals surface area contributed by atoms with Crippen LogP contribution in [0.1, 0.15) is 18.1 Å². The number of carbonyl (C=O) groups is 1. The van der Waals surface area contributed by atoms with Gasteiger partial charge in [-0.2, -0.15) is 0 Å². The van der Waals surface area contributed by atoms with Gasteiger partial charge in [-0.25, -0.2) is 9.79 Å². The molecular formula is C20H16N2O2. The van der Waals surface area contributed by atoms with Crippen LogP contribution in [0.5, 0.6) is 0 Å². The molecule has 0 unspecified atom stereocenters. The monoisotopic (exact) mass is 316 g/mol. The summed E-state index contributed by atoms with van der Waals surface area (Å²) in [4.78, 5) is 16.5. The minimum atomic E-state index is -0.415. The molecule has 0 amide bonds. The Bertz CT molecular complexity index is 981. The van der Waals surface area contributed by atoms with Crippen LogP contribution in [0.4, 0.5) is 0 Å². The Morgan fingerprint density at radius 3 is 2.62 bits per heavy atom. The molecule has 1 aliphatic heterocycles. The number of aromatic nitrogens is 1.